The first-order valence-corrected chi connectivity index (χ1v) is 8.60. The minimum absolute atomic E-state index is 0.00633. The highest BCUT2D eigenvalue weighted by Gasteiger charge is 2.48. The zero-order valence-electron chi connectivity index (χ0n) is 14.0. The van der Waals surface area contributed by atoms with Crippen molar-refractivity contribution in [3.63, 3.8) is 0 Å². The van der Waals surface area contributed by atoms with Gasteiger partial charge in [-0.05, 0) is 30.9 Å². The lowest BCUT2D eigenvalue weighted by molar-refractivity contribution is -0.139. The molecule has 0 amide bonds. The molecule has 0 fully saturated rings. The number of ether oxygens (including phenoxy) is 2. The number of para-hydroxylation sites is 1. The number of hydrogen-bond acceptors (Lipinski definition) is 4. The first-order chi connectivity index (χ1) is 12.2. The fourth-order valence-corrected chi connectivity index (χ4v) is 3.94. The highest BCUT2D eigenvalue weighted by Crippen LogP contribution is 2.53. The third-order valence-corrected chi connectivity index (χ3v) is 5.04. The summed E-state index contributed by atoms with van der Waals surface area (Å²) in [5.41, 5.74) is 2.53. The Morgan fingerprint density at radius 2 is 1.88 bits per heavy atom. The molecule has 2 aromatic rings. The summed E-state index contributed by atoms with van der Waals surface area (Å²) in [6.07, 6.45) is -0.108. The summed E-state index contributed by atoms with van der Waals surface area (Å²) >= 11 is 0. The summed E-state index contributed by atoms with van der Waals surface area (Å²) in [4.78, 5) is 12.4. The fraction of sp³-hybridized carbons (Fsp3) is 0.286. The molecular weight excluding hydrogens is 316 g/mol. The van der Waals surface area contributed by atoms with E-state index in [0.717, 1.165) is 16.9 Å². The summed E-state index contributed by atoms with van der Waals surface area (Å²) in [5, 5.41) is 10.7. The van der Waals surface area contributed by atoms with Crippen LogP contribution in [0.5, 0.6) is 5.75 Å². The van der Waals surface area contributed by atoms with Gasteiger partial charge in [0.25, 0.3) is 0 Å². The maximum Gasteiger partial charge on any atom is 0.337 e. The van der Waals surface area contributed by atoms with Gasteiger partial charge in [-0.25, -0.2) is 4.79 Å². The molecule has 0 unspecified atom stereocenters. The van der Waals surface area contributed by atoms with Gasteiger partial charge in [0.05, 0.1) is 12.2 Å². The Bertz CT molecular complexity index is 825. The number of fused-ring (bicyclic) bond motifs is 3. The second-order valence-corrected chi connectivity index (χ2v) is 6.41. The van der Waals surface area contributed by atoms with Crippen LogP contribution in [0.15, 0.2) is 65.9 Å². The number of esters is 1. The summed E-state index contributed by atoms with van der Waals surface area (Å²) in [6, 6.07) is 17.9. The molecule has 2 aliphatic rings. The van der Waals surface area contributed by atoms with Crippen LogP contribution >= 0.6 is 0 Å². The molecule has 0 bridgehead atoms. The molecule has 25 heavy (non-hydrogen) atoms. The molecule has 0 spiro atoms. The second-order valence-electron chi connectivity index (χ2n) is 6.41. The SMILES string of the molecule is CCOC(=O)C1=C(O)[C@@H]2Oc3ccccc3[C@@H]2[C@@H](c2ccccc2)C1. The molecule has 2 aromatic carbocycles. The molecule has 4 heteroatoms. The van der Waals surface area contributed by atoms with E-state index >= 15 is 0 Å². The topological polar surface area (TPSA) is 55.8 Å². The molecule has 0 radical (unpaired) electrons. The zero-order chi connectivity index (χ0) is 17.4. The number of benzene rings is 2. The van der Waals surface area contributed by atoms with Gasteiger partial charge in [0.1, 0.15) is 11.5 Å². The van der Waals surface area contributed by atoms with E-state index in [4.69, 9.17) is 9.47 Å². The van der Waals surface area contributed by atoms with E-state index in [9.17, 15) is 9.90 Å². The molecule has 128 valence electrons. The first-order valence-electron chi connectivity index (χ1n) is 8.60. The Morgan fingerprint density at radius 1 is 1.16 bits per heavy atom. The lowest BCUT2D eigenvalue weighted by Gasteiger charge is -2.33. The van der Waals surface area contributed by atoms with Gasteiger partial charge in [-0.3, -0.25) is 0 Å². The quantitative estimate of drug-likeness (QED) is 0.858. The molecule has 0 saturated heterocycles. The van der Waals surface area contributed by atoms with Crippen molar-refractivity contribution in [1.29, 1.82) is 0 Å². The van der Waals surface area contributed by atoms with Gasteiger partial charge in [0.2, 0.25) is 0 Å². The van der Waals surface area contributed by atoms with Crippen LogP contribution in [0.3, 0.4) is 0 Å². The number of aliphatic hydroxyl groups excluding tert-OH is 1. The van der Waals surface area contributed by atoms with Crippen LogP contribution < -0.4 is 4.74 Å². The third-order valence-electron chi connectivity index (χ3n) is 5.04. The predicted octanol–water partition coefficient (Wildman–Crippen LogP) is 4.09. The van der Waals surface area contributed by atoms with E-state index in [-0.39, 0.29) is 24.2 Å². The van der Waals surface area contributed by atoms with E-state index < -0.39 is 12.1 Å². The molecule has 1 aliphatic heterocycles. The van der Waals surface area contributed by atoms with Gasteiger partial charge in [-0.1, -0.05) is 48.5 Å². The number of aliphatic hydroxyl groups is 1. The highest BCUT2D eigenvalue weighted by molar-refractivity contribution is 5.90. The van der Waals surface area contributed by atoms with Crippen molar-refractivity contribution in [3.05, 3.63) is 77.1 Å². The molecule has 1 aliphatic carbocycles. The van der Waals surface area contributed by atoms with E-state index in [0.29, 0.717) is 12.0 Å². The molecular formula is C21H20O4. The maximum atomic E-state index is 12.4. The van der Waals surface area contributed by atoms with Crippen molar-refractivity contribution in [2.45, 2.75) is 31.3 Å². The number of rotatable bonds is 3. The van der Waals surface area contributed by atoms with E-state index in [1.54, 1.807) is 6.92 Å². The fourth-order valence-electron chi connectivity index (χ4n) is 3.94. The van der Waals surface area contributed by atoms with Gasteiger partial charge >= 0.3 is 5.97 Å². The van der Waals surface area contributed by atoms with Crippen molar-refractivity contribution < 1.29 is 19.4 Å². The average Bonchev–Trinajstić information content (AvgIpc) is 3.03. The van der Waals surface area contributed by atoms with Gasteiger partial charge in [-0.2, -0.15) is 0 Å². The van der Waals surface area contributed by atoms with Gasteiger partial charge in [0.15, 0.2) is 6.10 Å². The van der Waals surface area contributed by atoms with E-state index in [1.807, 2.05) is 42.5 Å². The summed E-state index contributed by atoms with van der Waals surface area (Å²) in [7, 11) is 0. The molecule has 4 rings (SSSR count). The average molecular weight is 336 g/mol. The molecule has 3 atom stereocenters. The Labute approximate surface area is 146 Å². The maximum absolute atomic E-state index is 12.4. The summed E-state index contributed by atoms with van der Waals surface area (Å²) < 4.78 is 11.2. The highest BCUT2D eigenvalue weighted by atomic mass is 16.5. The largest absolute Gasteiger partial charge is 0.508 e. The Morgan fingerprint density at radius 3 is 2.64 bits per heavy atom. The lowest BCUT2D eigenvalue weighted by atomic mass is 9.71. The van der Waals surface area contributed by atoms with Gasteiger partial charge in [0, 0.05) is 11.5 Å². The van der Waals surface area contributed by atoms with Crippen LogP contribution in [0.2, 0.25) is 0 Å². The second kappa shape index (κ2) is 6.28. The molecule has 1 heterocycles. The van der Waals surface area contributed by atoms with Crippen LogP contribution in [-0.4, -0.2) is 23.8 Å². The van der Waals surface area contributed by atoms with Crippen LogP contribution in [0.4, 0.5) is 0 Å². The monoisotopic (exact) mass is 336 g/mol. The standard InChI is InChI=1S/C21H20O4/c1-2-24-21(23)16-12-15(13-8-4-3-5-9-13)18-14-10-6-7-11-17(14)25-20(18)19(16)22/h3-11,15,18,20,22H,2,12H2,1H3/t15-,18-,20-/m1/s1. The smallest absolute Gasteiger partial charge is 0.337 e. The van der Waals surface area contributed by atoms with Crippen molar-refractivity contribution in [1.82, 2.24) is 0 Å². The number of carbonyl (C=O) groups is 1. The molecule has 1 N–H and O–H groups in total. The van der Waals surface area contributed by atoms with Gasteiger partial charge in [-0.15, -0.1) is 0 Å². The van der Waals surface area contributed by atoms with E-state index in [2.05, 4.69) is 12.1 Å². The molecule has 0 aromatic heterocycles. The Hall–Kier alpha value is -2.75. The van der Waals surface area contributed by atoms with Crippen LogP contribution in [0.1, 0.15) is 36.3 Å². The normalized spacial score (nSPS) is 24.3. The summed E-state index contributed by atoms with van der Waals surface area (Å²) in [5.74, 6) is 0.350. The number of hydrogen-bond donors (Lipinski definition) is 1. The van der Waals surface area contributed by atoms with Crippen LogP contribution in [0.25, 0.3) is 0 Å². The molecule has 0 saturated carbocycles. The van der Waals surface area contributed by atoms with Crippen molar-refractivity contribution in [2.24, 2.45) is 0 Å². The molecule has 4 nitrogen and oxygen atoms in total. The van der Waals surface area contributed by atoms with E-state index in [1.165, 1.54) is 0 Å². The minimum Gasteiger partial charge on any atom is -0.508 e. The third kappa shape index (κ3) is 2.58. The summed E-state index contributed by atoms with van der Waals surface area (Å²) in [6.45, 7) is 2.04. The predicted molar refractivity (Wildman–Crippen MR) is 93.7 cm³/mol. The Kier molecular flexibility index (Phi) is 3.96. The van der Waals surface area contributed by atoms with Crippen LogP contribution in [-0.2, 0) is 9.53 Å². The minimum atomic E-state index is -0.546. The van der Waals surface area contributed by atoms with Crippen LogP contribution in [0, 0.1) is 0 Å². The van der Waals surface area contributed by atoms with Crippen molar-refractivity contribution in [3.8, 4) is 5.75 Å². The van der Waals surface area contributed by atoms with Crippen molar-refractivity contribution >= 4 is 5.97 Å². The van der Waals surface area contributed by atoms with Crippen molar-refractivity contribution in [2.75, 3.05) is 6.61 Å². The first kappa shape index (κ1) is 15.8. The Balaban J connectivity index is 1.82. The zero-order valence-corrected chi connectivity index (χ0v) is 14.0. The van der Waals surface area contributed by atoms with Gasteiger partial charge < -0.3 is 14.6 Å². The number of carbonyl (C=O) groups excluding carboxylic acids is 1. The lowest BCUT2D eigenvalue weighted by Crippen LogP contribution is -2.34.